The number of fused-ring (bicyclic) bond motifs is 4. The van der Waals surface area contributed by atoms with Crippen molar-refractivity contribution in [3.8, 4) is 44.5 Å². The summed E-state index contributed by atoms with van der Waals surface area (Å²) in [6, 6.07) is 77.2. The van der Waals surface area contributed by atoms with Crippen LogP contribution in [0.1, 0.15) is 0 Å². The van der Waals surface area contributed by atoms with Gasteiger partial charge in [-0.1, -0.05) is 152 Å². The lowest BCUT2D eigenvalue weighted by molar-refractivity contribution is 1.29. The molecule has 0 aliphatic rings. The molecule has 0 aliphatic carbocycles. The molecule has 0 saturated carbocycles. The Kier molecular flexibility index (Phi) is 8.09. The first kappa shape index (κ1) is 32.0. The molecule has 0 amide bonds. The third kappa shape index (κ3) is 6.03. The van der Waals surface area contributed by atoms with Crippen molar-refractivity contribution in [1.82, 2.24) is 0 Å². The number of rotatable bonds is 7. The summed E-state index contributed by atoms with van der Waals surface area (Å²) in [6.45, 7) is 0. The van der Waals surface area contributed by atoms with Gasteiger partial charge in [0.1, 0.15) is 0 Å². The fourth-order valence-electron chi connectivity index (χ4n) is 7.68. The second-order valence-electron chi connectivity index (χ2n) is 13.8. The highest BCUT2D eigenvalue weighted by atomic mass is 32.1. The van der Waals surface area contributed by atoms with Crippen LogP contribution in [0.3, 0.4) is 0 Å². The van der Waals surface area contributed by atoms with E-state index in [0.29, 0.717) is 0 Å². The zero-order chi connectivity index (χ0) is 35.8. The second-order valence-corrected chi connectivity index (χ2v) is 14.9. The van der Waals surface area contributed by atoms with Gasteiger partial charge in [-0.2, -0.15) is 0 Å². The van der Waals surface area contributed by atoms with Gasteiger partial charge < -0.3 is 4.90 Å². The highest BCUT2D eigenvalue weighted by Crippen LogP contribution is 2.42. The minimum absolute atomic E-state index is 1.11. The van der Waals surface area contributed by atoms with Crippen LogP contribution in [-0.2, 0) is 0 Å². The number of hydrogen-bond donors (Lipinski definition) is 0. The van der Waals surface area contributed by atoms with E-state index in [1.54, 1.807) is 0 Å². The second kappa shape index (κ2) is 13.7. The number of thiophene rings is 1. The van der Waals surface area contributed by atoms with E-state index in [1.165, 1.54) is 75.5 Å². The van der Waals surface area contributed by atoms with Crippen LogP contribution in [-0.4, -0.2) is 0 Å². The number of anilines is 3. The van der Waals surface area contributed by atoms with E-state index in [0.717, 1.165) is 17.1 Å². The van der Waals surface area contributed by atoms with Gasteiger partial charge in [-0.3, -0.25) is 0 Å². The predicted octanol–water partition coefficient (Wildman–Crippen LogP) is 15.3. The maximum Gasteiger partial charge on any atom is 0.0476 e. The first-order valence-corrected chi connectivity index (χ1v) is 19.2. The predicted molar refractivity (Wildman–Crippen MR) is 233 cm³/mol. The Labute approximate surface area is 319 Å². The van der Waals surface area contributed by atoms with E-state index in [4.69, 9.17) is 0 Å². The summed E-state index contributed by atoms with van der Waals surface area (Å²) in [4.78, 5) is 2.39. The first-order chi connectivity index (χ1) is 26.7. The molecule has 9 aromatic carbocycles. The summed E-state index contributed by atoms with van der Waals surface area (Å²) in [7, 11) is 0. The van der Waals surface area contributed by atoms with Gasteiger partial charge in [0.15, 0.2) is 0 Å². The van der Waals surface area contributed by atoms with Gasteiger partial charge in [-0.15, -0.1) is 11.3 Å². The molecular formula is C52H35NS. The summed E-state index contributed by atoms with van der Waals surface area (Å²) in [6.07, 6.45) is 0. The Morgan fingerprint density at radius 1 is 0.259 bits per heavy atom. The maximum absolute atomic E-state index is 2.39. The van der Waals surface area contributed by atoms with Crippen LogP contribution in [0.25, 0.3) is 75.5 Å². The minimum Gasteiger partial charge on any atom is -0.310 e. The van der Waals surface area contributed by atoms with Crippen LogP contribution < -0.4 is 4.90 Å². The van der Waals surface area contributed by atoms with Crippen LogP contribution >= 0.6 is 11.3 Å². The van der Waals surface area contributed by atoms with Gasteiger partial charge in [0, 0.05) is 37.2 Å². The topological polar surface area (TPSA) is 3.24 Å². The quantitative estimate of drug-likeness (QED) is 0.160. The van der Waals surface area contributed by atoms with Gasteiger partial charge in [0.2, 0.25) is 0 Å². The zero-order valence-electron chi connectivity index (χ0n) is 29.6. The van der Waals surface area contributed by atoms with Crippen LogP contribution in [0.5, 0.6) is 0 Å². The van der Waals surface area contributed by atoms with Gasteiger partial charge in [-0.05, 0) is 116 Å². The van der Waals surface area contributed by atoms with Crippen molar-refractivity contribution in [1.29, 1.82) is 0 Å². The van der Waals surface area contributed by atoms with Crippen molar-refractivity contribution in [2.45, 2.75) is 0 Å². The van der Waals surface area contributed by atoms with Crippen LogP contribution in [0.15, 0.2) is 212 Å². The molecule has 0 atom stereocenters. The zero-order valence-corrected chi connectivity index (χ0v) is 30.4. The van der Waals surface area contributed by atoms with Crippen LogP contribution in [0.4, 0.5) is 17.1 Å². The molecule has 0 spiro atoms. The van der Waals surface area contributed by atoms with Crippen molar-refractivity contribution >= 4 is 59.3 Å². The maximum atomic E-state index is 2.39. The molecule has 0 aliphatic heterocycles. The molecule has 0 N–H and O–H groups in total. The van der Waals surface area contributed by atoms with Crippen molar-refractivity contribution in [2.24, 2.45) is 0 Å². The molecule has 10 rings (SSSR count). The Hall–Kier alpha value is -6.74. The standard InChI is InChI=1S/C52H35NS/c1-2-11-36(12-3-1)40-15-8-17-42(31-40)44-19-10-20-47(34-44)53(48-29-30-50-49-21-6-7-22-51(49)54-52(50)35-48)46-27-25-38(26-28-46)41-16-9-18-43(32-41)45-24-23-37-13-4-5-14-39(37)33-45/h1-35H. The van der Waals surface area contributed by atoms with Crippen molar-refractivity contribution in [3.05, 3.63) is 212 Å². The summed E-state index contributed by atoms with van der Waals surface area (Å²) in [5, 5.41) is 5.13. The largest absolute Gasteiger partial charge is 0.310 e. The fraction of sp³-hybridized carbons (Fsp3) is 0. The molecule has 254 valence electrons. The Bertz CT molecular complexity index is 2940. The highest BCUT2D eigenvalue weighted by molar-refractivity contribution is 7.25. The van der Waals surface area contributed by atoms with E-state index < -0.39 is 0 Å². The fourth-order valence-corrected chi connectivity index (χ4v) is 8.82. The summed E-state index contributed by atoms with van der Waals surface area (Å²) in [5.74, 6) is 0. The molecule has 0 radical (unpaired) electrons. The van der Waals surface area contributed by atoms with Gasteiger partial charge >= 0.3 is 0 Å². The molecule has 1 nitrogen and oxygen atoms in total. The Balaban J connectivity index is 1.05. The number of nitrogens with zero attached hydrogens (tertiary/aromatic N) is 1. The lowest BCUT2D eigenvalue weighted by atomic mass is 9.97. The number of hydrogen-bond acceptors (Lipinski definition) is 2. The summed E-state index contributed by atoms with van der Waals surface area (Å²) in [5.41, 5.74) is 13.0. The highest BCUT2D eigenvalue weighted by Gasteiger charge is 2.16. The summed E-state index contributed by atoms with van der Waals surface area (Å²) < 4.78 is 2.60. The monoisotopic (exact) mass is 705 g/mol. The van der Waals surface area contributed by atoms with E-state index in [2.05, 4.69) is 217 Å². The van der Waals surface area contributed by atoms with E-state index in [1.807, 2.05) is 11.3 Å². The third-order valence-electron chi connectivity index (χ3n) is 10.4. The SMILES string of the molecule is c1ccc(-c2cccc(-c3cccc(N(c4ccc(-c5cccc(-c6ccc7ccccc7c6)c5)cc4)c4ccc5c(c4)sc4ccccc45)c3)c2)cc1. The smallest absolute Gasteiger partial charge is 0.0476 e. The molecule has 2 heteroatoms. The molecule has 0 unspecified atom stereocenters. The minimum atomic E-state index is 1.11. The Morgan fingerprint density at radius 3 is 1.52 bits per heavy atom. The first-order valence-electron chi connectivity index (χ1n) is 18.4. The molecule has 0 fully saturated rings. The molecule has 1 aromatic heterocycles. The lowest BCUT2D eigenvalue weighted by Crippen LogP contribution is -2.10. The van der Waals surface area contributed by atoms with Gasteiger partial charge in [0.05, 0.1) is 0 Å². The molecule has 0 saturated heterocycles. The average Bonchev–Trinajstić information content (AvgIpc) is 3.62. The van der Waals surface area contributed by atoms with Gasteiger partial charge in [-0.25, -0.2) is 0 Å². The Morgan fingerprint density at radius 2 is 0.759 bits per heavy atom. The molecular weight excluding hydrogens is 671 g/mol. The lowest BCUT2D eigenvalue weighted by Gasteiger charge is -2.26. The van der Waals surface area contributed by atoms with Crippen molar-refractivity contribution in [3.63, 3.8) is 0 Å². The molecule has 1 heterocycles. The van der Waals surface area contributed by atoms with Crippen molar-refractivity contribution in [2.75, 3.05) is 4.90 Å². The van der Waals surface area contributed by atoms with Crippen LogP contribution in [0.2, 0.25) is 0 Å². The average molecular weight is 706 g/mol. The van der Waals surface area contributed by atoms with E-state index in [9.17, 15) is 0 Å². The van der Waals surface area contributed by atoms with Crippen molar-refractivity contribution < 1.29 is 0 Å². The molecule has 0 bridgehead atoms. The normalized spacial score (nSPS) is 11.3. The molecule has 54 heavy (non-hydrogen) atoms. The third-order valence-corrected chi connectivity index (χ3v) is 11.6. The van der Waals surface area contributed by atoms with E-state index >= 15 is 0 Å². The van der Waals surface area contributed by atoms with Gasteiger partial charge in [0.25, 0.3) is 0 Å². The molecule has 10 aromatic rings. The van der Waals surface area contributed by atoms with Crippen LogP contribution in [0, 0.1) is 0 Å². The van der Waals surface area contributed by atoms with E-state index in [-0.39, 0.29) is 0 Å². The summed E-state index contributed by atoms with van der Waals surface area (Å²) >= 11 is 1.86. The number of benzene rings is 9.